The highest BCUT2D eigenvalue weighted by atomic mass is 35.5. The molecule has 1 aliphatic rings. The number of carbonyl (C=O) groups excluding carboxylic acids is 1. The number of aryl methyl sites for hydroxylation is 2. The second kappa shape index (κ2) is 10.9. The summed E-state index contributed by atoms with van der Waals surface area (Å²) in [5.74, 6) is 0.546. The fraction of sp³-hybridized carbons (Fsp3) is 0.522. The van der Waals surface area contributed by atoms with Crippen LogP contribution in [0, 0.1) is 6.92 Å². The highest BCUT2D eigenvalue weighted by Crippen LogP contribution is 2.22. The molecule has 0 saturated carbocycles. The molecular formula is C23H33ClN4O3. The molecule has 0 amide bonds. The van der Waals surface area contributed by atoms with Gasteiger partial charge >= 0.3 is 0 Å². The van der Waals surface area contributed by atoms with E-state index < -0.39 is 0 Å². The number of hydrogen-bond acceptors (Lipinski definition) is 7. The van der Waals surface area contributed by atoms with Crippen molar-refractivity contribution >= 4 is 29.7 Å². The molecule has 1 aromatic carbocycles. The van der Waals surface area contributed by atoms with Gasteiger partial charge in [-0.15, -0.1) is 0 Å². The zero-order chi connectivity index (χ0) is 23.1. The molecule has 0 radical (unpaired) electrons. The zero-order valence-corrected chi connectivity index (χ0v) is 19.9. The lowest BCUT2D eigenvalue weighted by Crippen LogP contribution is -2.38. The second-order valence-electron chi connectivity index (χ2n) is 9.03. The summed E-state index contributed by atoms with van der Waals surface area (Å²) in [6.07, 6.45) is 5.25. The van der Waals surface area contributed by atoms with Crippen LogP contribution in [0.15, 0.2) is 30.6 Å². The largest absolute Gasteiger partial charge is 0.462 e. The first kappa shape index (κ1) is 25.0. The molecule has 7 nitrogen and oxygen atoms in total. The van der Waals surface area contributed by atoms with Crippen LogP contribution < -0.4 is 10.6 Å². The van der Waals surface area contributed by atoms with Crippen molar-refractivity contribution in [1.82, 2.24) is 15.3 Å². The van der Waals surface area contributed by atoms with Crippen molar-refractivity contribution in [3.8, 4) is 0 Å². The minimum atomic E-state index is -0.318. The van der Waals surface area contributed by atoms with Gasteiger partial charge in [0.05, 0.1) is 24.0 Å². The van der Waals surface area contributed by atoms with E-state index in [2.05, 4.69) is 64.3 Å². The summed E-state index contributed by atoms with van der Waals surface area (Å²) < 4.78 is 10.3. The highest BCUT2D eigenvalue weighted by molar-refractivity contribution is 6.30. The molecule has 1 fully saturated rings. The van der Waals surface area contributed by atoms with Gasteiger partial charge in [-0.2, -0.15) is 0 Å². The van der Waals surface area contributed by atoms with E-state index >= 15 is 0 Å². The van der Waals surface area contributed by atoms with E-state index in [-0.39, 0.29) is 11.3 Å². The fourth-order valence-corrected chi connectivity index (χ4v) is 3.14. The van der Waals surface area contributed by atoms with Crippen LogP contribution in [0.2, 0.25) is 5.02 Å². The minimum absolute atomic E-state index is 0.201. The first-order chi connectivity index (χ1) is 14.5. The van der Waals surface area contributed by atoms with Crippen molar-refractivity contribution in [1.29, 1.82) is 0 Å². The van der Waals surface area contributed by atoms with E-state index in [0.29, 0.717) is 23.5 Å². The molecule has 170 valence electrons. The number of carbonyl (C=O) groups is 1. The quantitative estimate of drug-likeness (QED) is 0.614. The molecule has 0 bridgehead atoms. The van der Waals surface area contributed by atoms with Gasteiger partial charge in [-0.25, -0.2) is 9.97 Å². The molecule has 2 heterocycles. The van der Waals surface area contributed by atoms with E-state index in [1.165, 1.54) is 11.1 Å². The Balaban J connectivity index is 0.000000423. The number of benzene rings is 1. The smallest absolute Gasteiger partial charge is 0.293 e. The molecule has 1 aliphatic heterocycles. The summed E-state index contributed by atoms with van der Waals surface area (Å²) in [6.45, 7) is 12.9. The topological polar surface area (TPSA) is 85.4 Å². The SMILES string of the molecule is CC(C)(C)OC=O.Cc1cc(CCC2COC(C)(C)N2)ccc1Nc1ncc(Cl)cn1. The Kier molecular flexibility index (Phi) is 8.79. The number of anilines is 2. The van der Waals surface area contributed by atoms with Crippen molar-refractivity contribution in [3.05, 3.63) is 46.7 Å². The predicted molar refractivity (Wildman–Crippen MR) is 124 cm³/mol. The highest BCUT2D eigenvalue weighted by Gasteiger charge is 2.30. The van der Waals surface area contributed by atoms with Crippen LogP contribution in [0.3, 0.4) is 0 Å². The van der Waals surface area contributed by atoms with Crippen molar-refractivity contribution < 1.29 is 14.3 Å². The average molecular weight is 449 g/mol. The van der Waals surface area contributed by atoms with Gasteiger partial charge in [0.1, 0.15) is 11.3 Å². The van der Waals surface area contributed by atoms with Gasteiger partial charge in [0, 0.05) is 11.7 Å². The van der Waals surface area contributed by atoms with Crippen molar-refractivity contribution in [2.24, 2.45) is 0 Å². The number of rotatable bonds is 6. The molecule has 3 rings (SSSR count). The first-order valence-electron chi connectivity index (χ1n) is 10.3. The Hall–Kier alpha value is -2.22. The summed E-state index contributed by atoms with van der Waals surface area (Å²) in [5, 5.41) is 7.25. The summed E-state index contributed by atoms with van der Waals surface area (Å²) in [5.41, 5.74) is 2.97. The van der Waals surface area contributed by atoms with Gasteiger partial charge in [-0.1, -0.05) is 23.7 Å². The Morgan fingerprint density at radius 1 is 1.32 bits per heavy atom. The standard InChI is InChI=1S/C18H23ClN4O.C5H10O2/c1-12-8-13(4-6-15-11-24-18(2,3)23-15)5-7-16(12)22-17-20-9-14(19)10-21-17;1-5(2,3)7-4-6/h5,7-10,15,23H,4,6,11H2,1-3H3,(H,20,21,22);4H,1-3H3. The van der Waals surface area contributed by atoms with Crippen LogP contribution in [0.25, 0.3) is 0 Å². The Morgan fingerprint density at radius 3 is 2.48 bits per heavy atom. The van der Waals surface area contributed by atoms with Gasteiger partial charge in [-0.3, -0.25) is 10.1 Å². The molecule has 0 aliphatic carbocycles. The molecule has 8 heteroatoms. The normalized spacial score (nSPS) is 17.5. The van der Waals surface area contributed by atoms with Crippen LogP contribution in [0.5, 0.6) is 0 Å². The molecule has 0 spiro atoms. The number of ether oxygens (including phenoxy) is 2. The lowest BCUT2D eigenvalue weighted by molar-refractivity contribution is -0.138. The summed E-state index contributed by atoms with van der Waals surface area (Å²) in [7, 11) is 0. The van der Waals surface area contributed by atoms with Gasteiger partial charge in [-0.05, 0) is 71.6 Å². The minimum Gasteiger partial charge on any atom is -0.462 e. The third kappa shape index (κ3) is 9.21. The monoisotopic (exact) mass is 448 g/mol. The van der Waals surface area contributed by atoms with Gasteiger partial charge in [0.15, 0.2) is 0 Å². The van der Waals surface area contributed by atoms with Crippen LogP contribution in [-0.4, -0.2) is 40.4 Å². The molecule has 1 atom stereocenters. The average Bonchev–Trinajstić information content (AvgIpc) is 3.02. The Bertz CT molecular complexity index is 851. The maximum absolute atomic E-state index is 9.60. The molecule has 31 heavy (non-hydrogen) atoms. The van der Waals surface area contributed by atoms with Crippen LogP contribution in [-0.2, 0) is 20.7 Å². The molecule has 1 unspecified atom stereocenters. The van der Waals surface area contributed by atoms with E-state index in [9.17, 15) is 4.79 Å². The lowest BCUT2D eigenvalue weighted by Gasteiger charge is -2.18. The second-order valence-corrected chi connectivity index (χ2v) is 9.46. The predicted octanol–water partition coefficient (Wildman–Crippen LogP) is 4.80. The number of hydrogen-bond donors (Lipinski definition) is 2. The van der Waals surface area contributed by atoms with Crippen LogP contribution in [0.4, 0.5) is 11.6 Å². The third-order valence-electron chi connectivity index (χ3n) is 4.54. The Morgan fingerprint density at radius 2 is 2.00 bits per heavy atom. The van der Waals surface area contributed by atoms with Crippen LogP contribution >= 0.6 is 11.6 Å². The summed E-state index contributed by atoms with van der Waals surface area (Å²) >= 11 is 5.81. The molecule has 1 saturated heterocycles. The third-order valence-corrected chi connectivity index (χ3v) is 4.73. The van der Waals surface area contributed by atoms with Crippen molar-refractivity contribution in [2.75, 3.05) is 11.9 Å². The van der Waals surface area contributed by atoms with E-state index in [4.69, 9.17) is 16.3 Å². The number of aromatic nitrogens is 2. The van der Waals surface area contributed by atoms with E-state index in [1.54, 1.807) is 12.4 Å². The number of nitrogens with one attached hydrogen (secondary N) is 2. The summed E-state index contributed by atoms with van der Waals surface area (Å²) in [4.78, 5) is 17.9. The van der Waals surface area contributed by atoms with E-state index in [0.717, 1.165) is 25.1 Å². The van der Waals surface area contributed by atoms with Gasteiger partial charge in [0.25, 0.3) is 6.47 Å². The molecular weight excluding hydrogens is 416 g/mol. The zero-order valence-electron chi connectivity index (χ0n) is 19.2. The van der Waals surface area contributed by atoms with E-state index in [1.807, 2.05) is 20.8 Å². The molecule has 2 N–H and O–H groups in total. The lowest BCUT2D eigenvalue weighted by atomic mass is 10.0. The van der Waals surface area contributed by atoms with Crippen molar-refractivity contribution in [2.45, 2.75) is 71.8 Å². The van der Waals surface area contributed by atoms with Gasteiger partial charge < -0.3 is 14.8 Å². The van der Waals surface area contributed by atoms with Crippen LogP contribution in [0.1, 0.15) is 52.2 Å². The Labute approximate surface area is 189 Å². The molecule has 1 aromatic heterocycles. The number of nitrogens with zero attached hydrogens (tertiary/aromatic N) is 2. The first-order valence-corrected chi connectivity index (χ1v) is 10.7. The fourth-order valence-electron chi connectivity index (χ4n) is 3.04. The van der Waals surface area contributed by atoms with Gasteiger partial charge in [0.2, 0.25) is 5.95 Å². The van der Waals surface area contributed by atoms with Crippen molar-refractivity contribution in [3.63, 3.8) is 0 Å². The maximum atomic E-state index is 9.60. The maximum Gasteiger partial charge on any atom is 0.293 e. The molecule has 2 aromatic rings. The number of halogens is 1. The summed E-state index contributed by atoms with van der Waals surface area (Å²) in [6, 6.07) is 6.84.